The molecule has 0 saturated carbocycles. The molecule has 0 radical (unpaired) electrons. The number of aliphatic imine (C=N–C) groups is 1. The number of aromatic hydroxyl groups is 1. The summed E-state index contributed by atoms with van der Waals surface area (Å²) in [6.45, 7) is 2.44. The van der Waals surface area contributed by atoms with Crippen LogP contribution in [0, 0.1) is 0 Å². The molecule has 1 saturated heterocycles. The van der Waals surface area contributed by atoms with Crippen LogP contribution in [-0.4, -0.2) is 41.8 Å². The number of phenolic OH excluding ortho intramolecular Hbond substituents is 1. The molecule has 1 heterocycles. The minimum absolute atomic E-state index is 0.0574. The summed E-state index contributed by atoms with van der Waals surface area (Å²) in [5.74, 6) is 1.08. The van der Waals surface area contributed by atoms with E-state index in [9.17, 15) is 9.90 Å². The normalized spacial score (nSPS) is 17.0. The number of ether oxygens (including phenoxy) is 2. The van der Waals surface area contributed by atoms with E-state index in [1.165, 1.54) is 18.9 Å². The zero-order valence-corrected chi connectivity index (χ0v) is 16.1. The molecule has 1 amide bonds. The van der Waals surface area contributed by atoms with Gasteiger partial charge < -0.3 is 14.6 Å². The molecule has 140 valence electrons. The number of rotatable bonds is 5. The second-order valence-corrected chi connectivity index (χ2v) is 6.69. The fourth-order valence-electron chi connectivity index (χ4n) is 2.57. The minimum Gasteiger partial charge on any atom is -0.504 e. The van der Waals surface area contributed by atoms with Crippen LogP contribution in [0.2, 0.25) is 0 Å². The number of hydrogen-bond donors (Lipinski definition) is 1. The van der Waals surface area contributed by atoms with Crippen molar-refractivity contribution in [2.75, 3.05) is 20.8 Å². The summed E-state index contributed by atoms with van der Waals surface area (Å²) in [5, 5.41) is 10.3. The van der Waals surface area contributed by atoms with Crippen LogP contribution in [0.4, 0.5) is 5.69 Å². The van der Waals surface area contributed by atoms with E-state index in [0.29, 0.717) is 22.4 Å². The van der Waals surface area contributed by atoms with Gasteiger partial charge in [-0.3, -0.25) is 9.69 Å². The quantitative estimate of drug-likeness (QED) is 0.788. The average Bonchev–Trinajstić information content (AvgIpc) is 2.98. The Kier molecular flexibility index (Phi) is 5.71. The number of carbonyl (C=O) groups is 1. The molecule has 1 fully saturated rings. The van der Waals surface area contributed by atoms with Crippen LogP contribution in [0.3, 0.4) is 0 Å². The Hall–Kier alpha value is -2.93. The summed E-state index contributed by atoms with van der Waals surface area (Å²) < 4.78 is 10.3. The van der Waals surface area contributed by atoms with Crippen LogP contribution in [0.25, 0.3) is 6.08 Å². The largest absolute Gasteiger partial charge is 0.504 e. The van der Waals surface area contributed by atoms with Crippen molar-refractivity contribution in [1.82, 2.24) is 4.90 Å². The Bertz CT molecular complexity index is 907. The van der Waals surface area contributed by atoms with Crippen molar-refractivity contribution < 1.29 is 19.4 Å². The summed E-state index contributed by atoms with van der Waals surface area (Å²) in [7, 11) is 3.10. The maximum Gasteiger partial charge on any atom is 0.266 e. The van der Waals surface area contributed by atoms with E-state index in [1.54, 1.807) is 36.3 Å². The van der Waals surface area contributed by atoms with Gasteiger partial charge in [0.05, 0.1) is 24.8 Å². The van der Waals surface area contributed by atoms with E-state index in [-0.39, 0.29) is 11.7 Å². The monoisotopic (exact) mass is 384 g/mol. The Labute approximate surface area is 162 Å². The summed E-state index contributed by atoms with van der Waals surface area (Å²) in [4.78, 5) is 19.5. The number of methoxy groups -OCH3 is 2. The number of amidine groups is 1. The van der Waals surface area contributed by atoms with Gasteiger partial charge in [0.1, 0.15) is 5.75 Å². The second-order valence-electron chi connectivity index (χ2n) is 5.68. The molecule has 2 aromatic carbocycles. The first-order valence-electron chi connectivity index (χ1n) is 8.37. The maximum atomic E-state index is 12.7. The average molecular weight is 384 g/mol. The molecule has 3 rings (SSSR count). The number of likely N-dealkylation sites (N-methyl/N-ethyl adjacent to an activating group) is 1. The van der Waals surface area contributed by atoms with Gasteiger partial charge in [0.2, 0.25) is 0 Å². The van der Waals surface area contributed by atoms with Crippen LogP contribution in [0.5, 0.6) is 17.2 Å². The van der Waals surface area contributed by atoms with Crippen molar-refractivity contribution in [3.63, 3.8) is 0 Å². The Morgan fingerprint density at radius 2 is 1.89 bits per heavy atom. The van der Waals surface area contributed by atoms with E-state index in [0.717, 1.165) is 17.0 Å². The van der Waals surface area contributed by atoms with Gasteiger partial charge in [-0.15, -0.1) is 0 Å². The van der Waals surface area contributed by atoms with Gasteiger partial charge in [0.15, 0.2) is 16.7 Å². The molecule has 27 heavy (non-hydrogen) atoms. The number of thioether (sulfide) groups is 1. The van der Waals surface area contributed by atoms with E-state index in [4.69, 9.17) is 9.47 Å². The number of phenols is 1. The zero-order valence-electron chi connectivity index (χ0n) is 15.3. The van der Waals surface area contributed by atoms with Crippen LogP contribution >= 0.6 is 11.8 Å². The third-order valence-electron chi connectivity index (χ3n) is 4.00. The van der Waals surface area contributed by atoms with Gasteiger partial charge in [0.25, 0.3) is 5.91 Å². The lowest BCUT2D eigenvalue weighted by molar-refractivity contribution is -0.122. The fourth-order valence-corrected chi connectivity index (χ4v) is 3.64. The van der Waals surface area contributed by atoms with Gasteiger partial charge in [-0.05, 0) is 66.7 Å². The molecular weight excluding hydrogens is 364 g/mol. The molecular formula is C20H20N2O4S. The summed E-state index contributed by atoms with van der Waals surface area (Å²) in [6, 6.07) is 12.3. The molecule has 0 bridgehead atoms. The molecule has 1 aliphatic heterocycles. The van der Waals surface area contributed by atoms with Crippen LogP contribution in [-0.2, 0) is 4.79 Å². The first kappa shape index (κ1) is 18.8. The number of amides is 1. The number of nitrogens with zero attached hydrogens (tertiary/aromatic N) is 2. The fraction of sp³-hybridized carbons (Fsp3) is 0.200. The van der Waals surface area contributed by atoms with Gasteiger partial charge in [-0.25, -0.2) is 4.99 Å². The van der Waals surface area contributed by atoms with Crippen molar-refractivity contribution in [1.29, 1.82) is 0 Å². The lowest BCUT2D eigenvalue weighted by Gasteiger charge is -2.12. The van der Waals surface area contributed by atoms with E-state index >= 15 is 0 Å². The highest BCUT2D eigenvalue weighted by Crippen LogP contribution is 2.35. The highest BCUT2D eigenvalue weighted by Gasteiger charge is 2.32. The third-order valence-corrected chi connectivity index (χ3v) is 5.01. The molecule has 1 N–H and O–H groups in total. The molecule has 7 heteroatoms. The lowest BCUT2D eigenvalue weighted by Crippen LogP contribution is -2.28. The highest BCUT2D eigenvalue weighted by molar-refractivity contribution is 8.18. The summed E-state index contributed by atoms with van der Waals surface area (Å²) in [6.07, 6.45) is 1.77. The molecule has 0 aliphatic carbocycles. The summed E-state index contributed by atoms with van der Waals surface area (Å²) in [5.41, 5.74) is 1.51. The Morgan fingerprint density at radius 1 is 1.15 bits per heavy atom. The number of hydrogen-bond acceptors (Lipinski definition) is 6. The predicted octanol–water partition coefficient (Wildman–Crippen LogP) is 4.03. The van der Waals surface area contributed by atoms with Gasteiger partial charge >= 0.3 is 0 Å². The SMILES string of the molecule is CCN1C(=O)C(=Cc2ccc(O)c(OC)c2)SC1=Nc1ccc(OC)cc1. The lowest BCUT2D eigenvalue weighted by atomic mass is 10.2. The molecule has 0 aromatic heterocycles. The highest BCUT2D eigenvalue weighted by atomic mass is 32.2. The smallest absolute Gasteiger partial charge is 0.266 e. The molecule has 1 aliphatic rings. The zero-order chi connectivity index (χ0) is 19.4. The molecule has 0 spiro atoms. The molecule has 2 aromatic rings. The van der Waals surface area contributed by atoms with Crippen molar-refractivity contribution >= 4 is 34.6 Å². The van der Waals surface area contributed by atoms with Gasteiger partial charge in [-0.1, -0.05) is 6.07 Å². The van der Waals surface area contributed by atoms with Crippen molar-refractivity contribution in [3.8, 4) is 17.2 Å². The van der Waals surface area contributed by atoms with Crippen LogP contribution in [0.1, 0.15) is 12.5 Å². The van der Waals surface area contributed by atoms with E-state index in [2.05, 4.69) is 4.99 Å². The minimum atomic E-state index is -0.0956. The molecule has 0 unspecified atom stereocenters. The van der Waals surface area contributed by atoms with Crippen LogP contribution in [0.15, 0.2) is 52.4 Å². The molecule has 0 atom stereocenters. The first-order chi connectivity index (χ1) is 13.0. The number of carbonyl (C=O) groups excluding carboxylic acids is 1. The Morgan fingerprint density at radius 3 is 2.52 bits per heavy atom. The van der Waals surface area contributed by atoms with E-state index in [1.807, 2.05) is 31.2 Å². The number of benzene rings is 2. The Balaban J connectivity index is 1.90. The standard InChI is InChI=1S/C20H20N2O4S/c1-4-22-19(24)18(12-13-5-10-16(23)17(11-13)26-3)27-20(22)21-14-6-8-15(25-2)9-7-14/h5-12,23H,4H2,1-3H3. The van der Waals surface area contributed by atoms with E-state index < -0.39 is 0 Å². The predicted molar refractivity (Wildman–Crippen MR) is 108 cm³/mol. The molecule has 6 nitrogen and oxygen atoms in total. The van der Waals surface area contributed by atoms with Crippen molar-refractivity contribution in [2.24, 2.45) is 4.99 Å². The maximum absolute atomic E-state index is 12.7. The van der Waals surface area contributed by atoms with Crippen LogP contribution < -0.4 is 9.47 Å². The van der Waals surface area contributed by atoms with Gasteiger partial charge in [-0.2, -0.15) is 0 Å². The summed E-state index contributed by atoms with van der Waals surface area (Å²) >= 11 is 1.32. The van der Waals surface area contributed by atoms with Crippen molar-refractivity contribution in [3.05, 3.63) is 52.9 Å². The van der Waals surface area contributed by atoms with Crippen molar-refractivity contribution in [2.45, 2.75) is 6.92 Å². The first-order valence-corrected chi connectivity index (χ1v) is 9.18. The third kappa shape index (κ3) is 4.09. The van der Waals surface area contributed by atoms with Gasteiger partial charge in [0, 0.05) is 6.54 Å². The second kappa shape index (κ2) is 8.18. The topological polar surface area (TPSA) is 71.4 Å².